The maximum atomic E-state index is 12.9. The van der Waals surface area contributed by atoms with Gasteiger partial charge in [0.05, 0.1) is 0 Å². The van der Waals surface area contributed by atoms with Crippen LogP contribution in [-0.4, -0.2) is 11.5 Å². The second kappa shape index (κ2) is 5.31. The number of carbonyl (C=O) groups is 1. The van der Waals surface area contributed by atoms with Crippen LogP contribution in [-0.2, 0) is 5.92 Å². The molecule has 0 unspecified atom stereocenters. The molecule has 0 heterocycles. The van der Waals surface area contributed by atoms with Crippen LogP contribution in [0.4, 0.5) is 26.7 Å². The number of halogens is 6. The van der Waals surface area contributed by atoms with Gasteiger partial charge in [-0.2, -0.15) is 22.0 Å². The summed E-state index contributed by atoms with van der Waals surface area (Å²) >= 11 is 5.65. The van der Waals surface area contributed by atoms with Crippen LogP contribution in [0.5, 0.6) is 0 Å². The Bertz CT molecular complexity index is 434. The maximum Gasteiger partial charge on any atom is 0.458 e. The van der Waals surface area contributed by atoms with E-state index in [0.29, 0.717) is 24.1 Å². The van der Waals surface area contributed by atoms with Gasteiger partial charge < -0.3 is 0 Å². The molecule has 1 aromatic carbocycles. The lowest BCUT2D eigenvalue weighted by atomic mass is 10.1. The van der Waals surface area contributed by atoms with Crippen molar-refractivity contribution in [1.29, 1.82) is 0 Å². The summed E-state index contributed by atoms with van der Waals surface area (Å²) in [4.78, 5) is 10.6. The van der Waals surface area contributed by atoms with Crippen molar-refractivity contribution in [3.8, 4) is 0 Å². The molecule has 0 bridgehead atoms. The van der Waals surface area contributed by atoms with E-state index in [1.165, 1.54) is 0 Å². The second-order valence-electron chi connectivity index (χ2n) is 3.07. The molecule has 0 saturated heterocycles. The van der Waals surface area contributed by atoms with Crippen LogP contribution in [0, 0.1) is 0 Å². The first-order valence-corrected chi connectivity index (χ1v) is 5.51. The molecule has 0 fully saturated rings. The van der Waals surface area contributed by atoms with Gasteiger partial charge in [0.15, 0.2) is 0 Å². The molecule has 18 heavy (non-hydrogen) atoms. The lowest BCUT2D eigenvalue weighted by molar-refractivity contribution is -0.289. The molecule has 1 aromatic rings. The summed E-state index contributed by atoms with van der Waals surface area (Å²) < 4.78 is 64.0. The van der Waals surface area contributed by atoms with Gasteiger partial charge >= 0.3 is 17.5 Å². The van der Waals surface area contributed by atoms with E-state index in [1.807, 2.05) is 0 Å². The van der Waals surface area contributed by atoms with Gasteiger partial charge in [-0.3, -0.25) is 9.52 Å². The maximum absolute atomic E-state index is 12.9. The van der Waals surface area contributed by atoms with Crippen LogP contribution in [0.15, 0.2) is 29.2 Å². The van der Waals surface area contributed by atoms with Crippen molar-refractivity contribution < 1.29 is 26.7 Å². The smallest absolute Gasteiger partial charge is 0.282 e. The summed E-state index contributed by atoms with van der Waals surface area (Å²) in [5, 5.41) is -0.885. The summed E-state index contributed by atoms with van der Waals surface area (Å²) in [6.45, 7) is 0. The molecule has 0 aliphatic rings. The van der Waals surface area contributed by atoms with Crippen molar-refractivity contribution in [2.24, 2.45) is 0 Å². The molecule has 0 aliphatic heterocycles. The molecule has 1 N–H and O–H groups in total. The Hall–Kier alpha value is -1.02. The highest BCUT2D eigenvalue weighted by atomic mass is 35.5. The lowest BCUT2D eigenvalue weighted by Crippen LogP contribution is -2.33. The average molecular weight is 306 g/mol. The van der Waals surface area contributed by atoms with Gasteiger partial charge in [-0.05, 0) is 35.7 Å². The summed E-state index contributed by atoms with van der Waals surface area (Å²) in [5.41, 5.74) is -1.17. The van der Waals surface area contributed by atoms with Crippen LogP contribution in [0.3, 0.4) is 0 Å². The molecule has 1 amide bonds. The fourth-order valence-corrected chi connectivity index (χ4v) is 1.58. The zero-order valence-corrected chi connectivity index (χ0v) is 9.97. The largest absolute Gasteiger partial charge is 0.458 e. The lowest BCUT2D eigenvalue weighted by Gasteiger charge is -2.19. The number of hydrogen-bond donors (Lipinski definition) is 1. The van der Waals surface area contributed by atoms with Crippen LogP contribution in [0.25, 0.3) is 0 Å². The highest BCUT2D eigenvalue weighted by Crippen LogP contribution is 2.43. The normalized spacial score (nSPS) is 12.3. The fourth-order valence-electron chi connectivity index (χ4n) is 0.995. The van der Waals surface area contributed by atoms with Gasteiger partial charge in [-0.25, -0.2) is 0 Å². The number of rotatable bonds is 3. The molecule has 9 heteroatoms. The topological polar surface area (TPSA) is 29.1 Å². The molecule has 0 aromatic heterocycles. The molecule has 0 spiro atoms. The van der Waals surface area contributed by atoms with Crippen LogP contribution < -0.4 is 4.72 Å². The molecule has 100 valence electrons. The number of nitrogens with one attached hydrogen (secondary N) is 1. The van der Waals surface area contributed by atoms with Crippen molar-refractivity contribution in [1.82, 2.24) is 4.72 Å². The van der Waals surface area contributed by atoms with Gasteiger partial charge in [0.1, 0.15) is 0 Å². The van der Waals surface area contributed by atoms with Crippen molar-refractivity contribution >= 4 is 28.9 Å². The van der Waals surface area contributed by atoms with E-state index in [2.05, 4.69) is 4.72 Å². The Morgan fingerprint density at radius 3 is 2.00 bits per heavy atom. The zero-order valence-electron chi connectivity index (χ0n) is 8.39. The van der Waals surface area contributed by atoms with Crippen LogP contribution >= 0.6 is 23.5 Å². The monoisotopic (exact) mass is 305 g/mol. The quantitative estimate of drug-likeness (QED) is 0.390. The number of carbonyl (C=O) groups excluding carboxylic acids is 1. The van der Waals surface area contributed by atoms with Gasteiger partial charge in [0.25, 0.3) is 0 Å². The zero-order chi connectivity index (χ0) is 14.0. The van der Waals surface area contributed by atoms with Gasteiger partial charge in [0, 0.05) is 10.5 Å². The van der Waals surface area contributed by atoms with E-state index in [9.17, 15) is 26.7 Å². The van der Waals surface area contributed by atoms with Crippen molar-refractivity contribution in [2.45, 2.75) is 17.0 Å². The van der Waals surface area contributed by atoms with E-state index >= 15 is 0 Å². The van der Waals surface area contributed by atoms with E-state index in [0.717, 1.165) is 12.1 Å². The summed E-state index contributed by atoms with van der Waals surface area (Å²) in [5.74, 6) is -4.91. The second-order valence-corrected chi connectivity index (χ2v) is 4.30. The van der Waals surface area contributed by atoms with Crippen LogP contribution in [0.1, 0.15) is 5.56 Å². The summed E-state index contributed by atoms with van der Waals surface area (Å²) in [6.07, 6.45) is -5.65. The van der Waals surface area contributed by atoms with Crippen molar-refractivity contribution in [3.05, 3.63) is 29.8 Å². The standard InChI is InChI=1S/C9H5ClF5NOS/c10-7(17)16-18-6-3-1-5(2-4-6)8(11,12)9(13,14)15/h1-4H,(H,16,17). The van der Waals surface area contributed by atoms with Crippen molar-refractivity contribution in [3.63, 3.8) is 0 Å². The minimum atomic E-state index is -5.65. The third kappa shape index (κ3) is 3.49. The van der Waals surface area contributed by atoms with E-state index in [-0.39, 0.29) is 4.90 Å². The summed E-state index contributed by atoms with van der Waals surface area (Å²) in [7, 11) is 0. The minimum absolute atomic E-state index is 0.269. The van der Waals surface area contributed by atoms with Crippen LogP contribution in [0.2, 0.25) is 0 Å². The molecule has 0 aliphatic carbocycles. The third-order valence-electron chi connectivity index (χ3n) is 1.82. The van der Waals surface area contributed by atoms with Gasteiger partial charge in [0.2, 0.25) is 0 Å². The Labute approximate surface area is 108 Å². The Kier molecular flexibility index (Phi) is 4.44. The molecule has 0 radical (unpaired) electrons. The predicted octanol–water partition coefficient (Wildman–Crippen LogP) is 4.30. The number of benzene rings is 1. The number of amides is 1. The number of alkyl halides is 5. The van der Waals surface area contributed by atoms with E-state index < -0.39 is 23.0 Å². The van der Waals surface area contributed by atoms with Gasteiger partial charge in [-0.15, -0.1) is 0 Å². The van der Waals surface area contributed by atoms with E-state index in [1.54, 1.807) is 0 Å². The molecule has 1 rings (SSSR count). The highest BCUT2D eigenvalue weighted by molar-refractivity contribution is 7.98. The average Bonchev–Trinajstić information content (AvgIpc) is 2.25. The molecule has 2 nitrogen and oxygen atoms in total. The summed E-state index contributed by atoms with van der Waals surface area (Å²) in [6, 6.07) is 3.31. The first-order chi connectivity index (χ1) is 8.14. The first-order valence-electron chi connectivity index (χ1n) is 4.32. The van der Waals surface area contributed by atoms with Gasteiger partial charge in [-0.1, -0.05) is 12.1 Å². The number of hydrogen-bond acceptors (Lipinski definition) is 2. The fraction of sp³-hybridized carbons (Fsp3) is 0.222. The first kappa shape index (κ1) is 15.0. The predicted molar refractivity (Wildman–Crippen MR) is 56.6 cm³/mol. The molecule has 0 saturated carbocycles. The Morgan fingerprint density at radius 1 is 1.11 bits per heavy atom. The molecule has 0 atom stereocenters. The third-order valence-corrected chi connectivity index (χ3v) is 2.82. The molecular weight excluding hydrogens is 301 g/mol. The Morgan fingerprint density at radius 2 is 1.61 bits per heavy atom. The highest BCUT2D eigenvalue weighted by Gasteiger charge is 2.58. The van der Waals surface area contributed by atoms with Crippen molar-refractivity contribution in [2.75, 3.05) is 0 Å². The Balaban J connectivity index is 2.86. The molecular formula is C9H5ClF5NOS. The SMILES string of the molecule is O=C(Cl)NSc1ccc(C(F)(F)C(F)(F)F)cc1. The minimum Gasteiger partial charge on any atom is -0.282 e. The van der Waals surface area contributed by atoms with E-state index in [4.69, 9.17) is 11.6 Å².